The maximum absolute atomic E-state index is 12.2. The van der Waals surface area contributed by atoms with E-state index in [1.807, 2.05) is 50.2 Å². The third-order valence-corrected chi connectivity index (χ3v) is 4.23. The third kappa shape index (κ3) is 3.55. The number of carbonyl (C=O) groups is 1. The van der Waals surface area contributed by atoms with Crippen LogP contribution >= 0.6 is 0 Å². The third-order valence-electron chi connectivity index (χ3n) is 4.23. The average Bonchev–Trinajstić information content (AvgIpc) is 2.59. The Morgan fingerprint density at radius 3 is 2.48 bits per heavy atom. The highest BCUT2D eigenvalue weighted by Gasteiger charge is 2.28. The molecule has 0 saturated heterocycles. The van der Waals surface area contributed by atoms with E-state index in [1.54, 1.807) is 14.2 Å². The predicted molar refractivity (Wildman–Crippen MR) is 96.8 cm³/mol. The molecule has 0 spiro atoms. The number of fused-ring (bicyclic) bond motifs is 1. The first-order chi connectivity index (χ1) is 12.0. The van der Waals surface area contributed by atoms with Crippen molar-refractivity contribution in [3.05, 3.63) is 47.5 Å². The molecular formula is C20H23NO4. The van der Waals surface area contributed by atoms with Gasteiger partial charge in [-0.3, -0.25) is 4.79 Å². The van der Waals surface area contributed by atoms with Crippen LogP contribution in [0.1, 0.15) is 37.3 Å². The Labute approximate surface area is 147 Å². The summed E-state index contributed by atoms with van der Waals surface area (Å²) in [4.78, 5) is 12.2. The van der Waals surface area contributed by atoms with E-state index in [1.165, 1.54) is 0 Å². The number of anilines is 1. The van der Waals surface area contributed by atoms with Gasteiger partial charge in [0.25, 0.3) is 0 Å². The lowest BCUT2D eigenvalue weighted by molar-refractivity contribution is -0.116. The molecule has 0 fully saturated rings. The zero-order chi connectivity index (χ0) is 18.0. The second kappa shape index (κ2) is 7.05. The van der Waals surface area contributed by atoms with Crippen molar-refractivity contribution in [2.45, 2.75) is 32.3 Å². The van der Waals surface area contributed by atoms with Crippen LogP contribution in [-0.2, 0) is 4.79 Å². The Balaban J connectivity index is 2.05. The summed E-state index contributed by atoms with van der Waals surface area (Å²) in [5.41, 5.74) is 2.81. The van der Waals surface area contributed by atoms with Crippen LogP contribution in [0.4, 0.5) is 5.69 Å². The minimum atomic E-state index is -0.0562. The molecule has 5 nitrogen and oxygen atoms in total. The maximum atomic E-state index is 12.2. The van der Waals surface area contributed by atoms with Gasteiger partial charge in [-0.05, 0) is 43.2 Å². The van der Waals surface area contributed by atoms with Crippen molar-refractivity contribution in [2.24, 2.45) is 0 Å². The Morgan fingerprint density at radius 2 is 1.80 bits per heavy atom. The molecule has 1 heterocycles. The molecule has 3 rings (SSSR count). The van der Waals surface area contributed by atoms with Crippen molar-refractivity contribution in [3.8, 4) is 17.2 Å². The summed E-state index contributed by atoms with van der Waals surface area (Å²) < 4.78 is 16.6. The van der Waals surface area contributed by atoms with Crippen molar-refractivity contribution in [1.82, 2.24) is 0 Å². The van der Waals surface area contributed by atoms with Crippen LogP contribution in [-0.4, -0.2) is 26.2 Å². The largest absolute Gasteiger partial charge is 0.493 e. The molecule has 2 aromatic carbocycles. The molecule has 132 valence electrons. The summed E-state index contributed by atoms with van der Waals surface area (Å²) in [6, 6.07) is 11.7. The fourth-order valence-electron chi connectivity index (χ4n) is 3.16. The minimum Gasteiger partial charge on any atom is -0.493 e. The number of methoxy groups -OCH3 is 2. The normalized spacial score (nSPS) is 16.2. The van der Waals surface area contributed by atoms with Crippen LogP contribution in [0, 0.1) is 0 Å². The smallest absolute Gasteiger partial charge is 0.225 e. The van der Waals surface area contributed by atoms with Gasteiger partial charge < -0.3 is 19.5 Å². The zero-order valence-corrected chi connectivity index (χ0v) is 15.0. The summed E-state index contributed by atoms with van der Waals surface area (Å²) in [6.07, 6.45) is 0.481. The van der Waals surface area contributed by atoms with Crippen LogP contribution in [0.3, 0.4) is 0 Å². The molecule has 1 N–H and O–H groups in total. The molecule has 1 atom stereocenters. The van der Waals surface area contributed by atoms with Gasteiger partial charge >= 0.3 is 0 Å². The molecule has 1 aliphatic rings. The van der Waals surface area contributed by atoms with E-state index < -0.39 is 0 Å². The summed E-state index contributed by atoms with van der Waals surface area (Å²) in [6.45, 7) is 3.99. The van der Waals surface area contributed by atoms with E-state index in [-0.39, 0.29) is 17.9 Å². The van der Waals surface area contributed by atoms with Gasteiger partial charge in [0.2, 0.25) is 5.91 Å². The minimum absolute atomic E-state index is 0.0140. The summed E-state index contributed by atoms with van der Waals surface area (Å²) in [5.74, 6) is 1.98. The maximum Gasteiger partial charge on any atom is 0.225 e. The first-order valence-electron chi connectivity index (χ1n) is 8.34. The summed E-state index contributed by atoms with van der Waals surface area (Å²) in [5, 5.41) is 2.93. The van der Waals surface area contributed by atoms with Gasteiger partial charge in [0.05, 0.1) is 20.3 Å². The van der Waals surface area contributed by atoms with Crippen LogP contribution in [0.5, 0.6) is 17.2 Å². The molecule has 0 aromatic heterocycles. The van der Waals surface area contributed by atoms with Crippen LogP contribution in [0.15, 0.2) is 36.4 Å². The Kier molecular flexibility index (Phi) is 4.83. The number of rotatable bonds is 5. The summed E-state index contributed by atoms with van der Waals surface area (Å²) >= 11 is 0. The number of amides is 1. The number of carbonyl (C=O) groups excluding carboxylic acids is 1. The van der Waals surface area contributed by atoms with E-state index in [0.717, 1.165) is 22.6 Å². The van der Waals surface area contributed by atoms with Gasteiger partial charge in [0.15, 0.2) is 11.5 Å². The first kappa shape index (κ1) is 17.1. The van der Waals surface area contributed by atoms with E-state index in [4.69, 9.17) is 14.2 Å². The van der Waals surface area contributed by atoms with E-state index in [9.17, 15) is 4.79 Å². The Morgan fingerprint density at radius 1 is 1.08 bits per heavy atom. The SMILES string of the molecule is COc1cc2c(cc1OC)[C@H](c1cccc(OC(C)C)c1)CC(=O)N2. The number of hydrogen-bond donors (Lipinski definition) is 1. The van der Waals surface area contributed by atoms with Crippen molar-refractivity contribution in [1.29, 1.82) is 0 Å². The van der Waals surface area contributed by atoms with Crippen LogP contribution in [0.25, 0.3) is 0 Å². The molecule has 1 aliphatic heterocycles. The van der Waals surface area contributed by atoms with E-state index in [2.05, 4.69) is 5.32 Å². The number of benzene rings is 2. The predicted octanol–water partition coefficient (Wildman–Crippen LogP) is 3.97. The lowest BCUT2D eigenvalue weighted by Crippen LogP contribution is -2.23. The Hall–Kier alpha value is -2.69. The lowest BCUT2D eigenvalue weighted by Gasteiger charge is -2.27. The van der Waals surface area contributed by atoms with Gasteiger partial charge in [-0.2, -0.15) is 0 Å². The molecule has 0 aliphatic carbocycles. The second-order valence-corrected chi connectivity index (χ2v) is 6.34. The van der Waals surface area contributed by atoms with Gasteiger partial charge in [-0.15, -0.1) is 0 Å². The second-order valence-electron chi connectivity index (χ2n) is 6.34. The van der Waals surface area contributed by atoms with Crippen molar-refractivity contribution in [3.63, 3.8) is 0 Å². The van der Waals surface area contributed by atoms with Crippen LogP contribution in [0.2, 0.25) is 0 Å². The molecule has 2 aromatic rings. The van der Waals surface area contributed by atoms with Gasteiger partial charge in [-0.1, -0.05) is 12.1 Å². The lowest BCUT2D eigenvalue weighted by atomic mass is 9.84. The highest BCUT2D eigenvalue weighted by Crippen LogP contribution is 2.43. The van der Waals surface area contributed by atoms with E-state index in [0.29, 0.717) is 17.9 Å². The standard InChI is InChI=1S/C20H23NO4/c1-12(2)25-14-7-5-6-13(8-14)15-10-20(22)21-17-11-19(24-4)18(23-3)9-16(15)17/h5-9,11-12,15H,10H2,1-4H3,(H,21,22)/t15-/m0/s1. The fourth-order valence-corrected chi connectivity index (χ4v) is 3.16. The zero-order valence-electron chi connectivity index (χ0n) is 15.0. The highest BCUT2D eigenvalue weighted by atomic mass is 16.5. The first-order valence-corrected chi connectivity index (χ1v) is 8.34. The quantitative estimate of drug-likeness (QED) is 0.894. The number of hydrogen-bond acceptors (Lipinski definition) is 4. The molecule has 1 amide bonds. The van der Waals surface area contributed by atoms with Gasteiger partial charge in [-0.25, -0.2) is 0 Å². The fraction of sp³-hybridized carbons (Fsp3) is 0.350. The summed E-state index contributed by atoms with van der Waals surface area (Å²) in [7, 11) is 3.19. The number of ether oxygens (including phenoxy) is 3. The molecule has 0 saturated carbocycles. The monoisotopic (exact) mass is 341 g/mol. The molecule has 0 bridgehead atoms. The van der Waals surface area contributed by atoms with Crippen molar-refractivity contribution in [2.75, 3.05) is 19.5 Å². The molecule has 5 heteroatoms. The number of nitrogens with one attached hydrogen (secondary N) is 1. The van der Waals surface area contributed by atoms with Crippen LogP contribution < -0.4 is 19.5 Å². The topological polar surface area (TPSA) is 56.8 Å². The highest BCUT2D eigenvalue weighted by molar-refractivity contribution is 5.96. The molecule has 0 unspecified atom stereocenters. The van der Waals surface area contributed by atoms with Gasteiger partial charge in [0, 0.05) is 24.1 Å². The van der Waals surface area contributed by atoms with Crippen molar-refractivity contribution >= 4 is 11.6 Å². The molecule has 0 radical (unpaired) electrons. The molecular weight excluding hydrogens is 318 g/mol. The van der Waals surface area contributed by atoms with Crippen molar-refractivity contribution < 1.29 is 19.0 Å². The van der Waals surface area contributed by atoms with Gasteiger partial charge in [0.1, 0.15) is 5.75 Å². The molecule has 25 heavy (non-hydrogen) atoms. The average molecular weight is 341 g/mol. The van der Waals surface area contributed by atoms with E-state index >= 15 is 0 Å². The Bertz CT molecular complexity index is 785.